The van der Waals surface area contributed by atoms with Crippen LogP contribution in [0.25, 0.3) is 0 Å². The molecule has 1 aromatic heterocycles. The molecular weight excluding hydrogens is 431 g/mol. The summed E-state index contributed by atoms with van der Waals surface area (Å²) in [6.07, 6.45) is 0.412. The number of carbonyl (C=O) groups excluding carboxylic acids is 1. The Morgan fingerprint density at radius 1 is 1.12 bits per heavy atom. The summed E-state index contributed by atoms with van der Waals surface area (Å²) >= 11 is 0. The first-order valence-electron chi connectivity index (χ1n) is 10.2. The zero-order valence-corrected chi connectivity index (χ0v) is 18.1. The van der Waals surface area contributed by atoms with Gasteiger partial charge in [-0.3, -0.25) is 19.1 Å². The molecule has 0 aliphatic heterocycles. The monoisotopic (exact) mass is 456 g/mol. The van der Waals surface area contributed by atoms with E-state index in [9.17, 15) is 18.8 Å². The zero-order chi connectivity index (χ0) is 23.8. The number of hydrogen-bond donors (Lipinski definition) is 2. The van der Waals surface area contributed by atoms with Crippen LogP contribution in [0, 0.1) is 5.82 Å². The summed E-state index contributed by atoms with van der Waals surface area (Å²) in [4.78, 5) is 41.6. The summed E-state index contributed by atoms with van der Waals surface area (Å²) in [5.41, 5.74) is 5.42. The van der Waals surface area contributed by atoms with E-state index in [0.29, 0.717) is 13.0 Å². The van der Waals surface area contributed by atoms with Crippen LogP contribution >= 0.6 is 0 Å². The number of H-pyrrole nitrogens is 1. The Bertz CT molecular complexity index is 1190. The van der Waals surface area contributed by atoms with Crippen LogP contribution in [0.15, 0.2) is 64.2 Å². The first-order valence-corrected chi connectivity index (χ1v) is 10.2. The minimum Gasteiger partial charge on any atom is -0.484 e. The average Bonchev–Trinajstić information content (AvgIpc) is 2.81. The molecule has 0 aliphatic carbocycles. The third-order valence-electron chi connectivity index (χ3n) is 4.87. The number of methoxy groups -OCH3 is 1. The molecule has 10 heteroatoms. The van der Waals surface area contributed by atoms with Gasteiger partial charge < -0.3 is 20.1 Å². The van der Waals surface area contributed by atoms with Crippen molar-refractivity contribution in [3.8, 4) is 5.75 Å². The van der Waals surface area contributed by atoms with Gasteiger partial charge in [0.05, 0.1) is 6.54 Å². The van der Waals surface area contributed by atoms with Crippen molar-refractivity contribution in [3.05, 3.63) is 86.8 Å². The largest absolute Gasteiger partial charge is 0.484 e. The Morgan fingerprint density at radius 3 is 2.48 bits per heavy atom. The standard InChI is InChI=1S/C23H25FN4O5/c1-32-13-5-12-27(19(29)15-33-18-10-8-17(24)9-11-18)20-21(25)28(23(31)26-22(20)30)14-16-6-3-2-4-7-16/h2-4,6-11H,5,12-15,25H2,1H3,(H,26,30,31). The normalized spacial score (nSPS) is 10.7. The number of anilines is 2. The number of halogens is 1. The van der Waals surface area contributed by atoms with Gasteiger partial charge in [-0.2, -0.15) is 0 Å². The molecule has 0 unspecified atom stereocenters. The number of carbonyl (C=O) groups is 1. The number of amides is 1. The molecule has 1 amide bonds. The van der Waals surface area contributed by atoms with Gasteiger partial charge in [0.2, 0.25) is 0 Å². The van der Waals surface area contributed by atoms with Gasteiger partial charge in [0.15, 0.2) is 12.3 Å². The van der Waals surface area contributed by atoms with Crippen molar-refractivity contribution >= 4 is 17.4 Å². The molecule has 9 nitrogen and oxygen atoms in total. The summed E-state index contributed by atoms with van der Waals surface area (Å²) in [6.45, 7) is 0.136. The number of nitrogens with two attached hydrogens (primary N) is 1. The molecule has 0 spiro atoms. The Labute approximate surface area is 189 Å². The van der Waals surface area contributed by atoms with Gasteiger partial charge in [0, 0.05) is 20.3 Å². The topological polar surface area (TPSA) is 120 Å². The number of nitrogens with one attached hydrogen (secondary N) is 1. The number of ether oxygens (including phenoxy) is 2. The smallest absolute Gasteiger partial charge is 0.330 e. The number of nitrogens with zero attached hydrogens (tertiary/aromatic N) is 2. The third-order valence-corrected chi connectivity index (χ3v) is 4.87. The lowest BCUT2D eigenvalue weighted by Gasteiger charge is -2.24. The van der Waals surface area contributed by atoms with Crippen LogP contribution in [-0.2, 0) is 16.1 Å². The molecule has 0 saturated carbocycles. The second kappa shape index (κ2) is 11.1. The number of nitrogen functional groups attached to an aromatic ring is 1. The molecule has 0 radical (unpaired) electrons. The molecule has 0 saturated heterocycles. The van der Waals surface area contributed by atoms with E-state index in [1.54, 1.807) is 0 Å². The maximum atomic E-state index is 13.1. The first-order chi connectivity index (χ1) is 15.9. The van der Waals surface area contributed by atoms with E-state index in [1.807, 2.05) is 30.3 Å². The summed E-state index contributed by atoms with van der Waals surface area (Å²) in [5, 5.41) is 0. The van der Waals surface area contributed by atoms with Crippen LogP contribution in [0.1, 0.15) is 12.0 Å². The second-order valence-corrected chi connectivity index (χ2v) is 7.20. The van der Waals surface area contributed by atoms with E-state index >= 15 is 0 Å². The fraction of sp³-hybridized carbons (Fsp3) is 0.261. The van der Waals surface area contributed by atoms with E-state index < -0.39 is 29.6 Å². The Balaban J connectivity index is 1.92. The summed E-state index contributed by atoms with van der Waals surface area (Å²) in [5.74, 6) is -0.843. The van der Waals surface area contributed by atoms with Gasteiger partial charge in [-0.25, -0.2) is 9.18 Å². The van der Waals surface area contributed by atoms with Crippen LogP contribution in [0.2, 0.25) is 0 Å². The Kier molecular flexibility index (Phi) is 7.98. The van der Waals surface area contributed by atoms with Crippen LogP contribution < -0.4 is 26.6 Å². The number of rotatable bonds is 10. The Hall–Kier alpha value is -3.92. The fourth-order valence-electron chi connectivity index (χ4n) is 3.24. The molecule has 2 aromatic carbocycles. The van der Waals surface area contributed by atoms with Crippen LogP contribution in [0.3, 0.4) is 0 Å². The van der Waals surface area contributed by atoms with Crippen molar-refractivity contribution in [3.63, 3.8) is 0 Å². The predicted octanol–water partition coefficient (Wildman–Crippen LogP) is 1.75. The quantitative estimate of drug-likeness (QED) is 0.449. The van der Waals surface area contributed by atoms with E-state index in [4.69, 9.17) is 15.2 Å². The van der Waals surface area contributed by atoms with Gasteiger partial charge >= 0.3 is 5.69 Å². The van der Waals surface area contributed by atoms with Crippen molar-refractivity contribution in [1.29, 1.82) is 0 Å². The molecular formula is C23H25FN4O5. The summed E-state index contributed by atoms with van der Waals surface area (Å²) < 4.78 is 24.8. The van der Waals surface area contributed by atoms with Gasteiger partial charge in [0.1, 0.15) is 17.4 Å². The minimum atomic E-state index is -0.783. The highest BCUT2D eigenvalue weighted by Crippen LogP contribution is 2.19. The number of benzene rings is 2. The van der Waals surface area contributed by atoms with Crippen LogP contribution in [-0.4, -0.2) is 42.3 Å². The molecule has 0 fully saturated rings. The van der Waals surface area contributed by atoms with E-state index in [0.717, 1.165) is 5.56 Å². The molecule has 3 rings (SSSR count). The third kappa shape index (κ3) is 6.07. The van der Waals surface area contributed by atoms with Crippen molar-refractivity contribution in [2.24, 2.45) is 0 Å². The molecule has 3 N–H and O–H groups in total. The van der Waals surface area contributed by atoms with Crippen molar-refractivity contribution in [2.75, 3.05) is 37.5 Å². The minimum absolute atomic E-state index is 0.107. The lowest BCUT2D eigenvalue weighted by atomic mass is 10.2. The van der Waals surface area contributed by atoms with Gasteiger partial charge in [-0.05, 0) is 36.2 Å². The van der Waals surface area contributed by atoms with E-state index in [2.05, 4.69) is 4.98 Å². The number of hydrogen-bond acceptors (Lipinski definition) is 6. The highest BCUT2D eigenvalue weighted by molar-refractivity contribution is 5.96. The van der Waals surface area contributed by atoms with E-state index in [1.165, 1.54) is 40.8 Å². The lowest BCUT2D eigenvalue weighted by Crippen LogP contribution is -2.43. The molecule has 1 heterocycles. The molecule has 0 bridgehead atoms. The first kappa shape index (κ1) is 23.7. The highest BCUT2D eigenvalue weighted by Gasteiger charge is 2.24. The second-order valence-electron chi connectivity index (χ2n) is 7.20. The molecule has 174 valence electrons. The predicted molar refractivity (Wildman–Crippen MR) is 122 cm³/mol. The van der Waals surface area contributed by atoms with Gasteiger partial charge in [-0.1, -0.05) is 30.3 Å². The number of aromatic amines is 1. The van der Waals surface area contributed by atoms with Crippen molar-refractivity contribution in [2.45, 2.75) is 13.0 Å². The van der Waals surface area contributed by atoms with Crippen molar-refractivity contribution < 1.29 is 18.7 Å². The SMILES string of the molecule is COCCCN(C(=O)COc1ccc(F)cc1)c1c(N)n(Cc2ccccc2)c(=O)[nH]c1=O. The maximum absolute atomic E-state index is 13.1. The summed E-state index contributed by atoms with van der Waals surface area (Å²) in [7, 11) is 1.52. The van der Waals surface area contributed by atoms with E-state index in [-0.39, 0.29) is 30.3 Å². The highest BCUT2D eigenvalue weighted by atomic mass is 19.1. The van der Waals surface area contributed by atoms with Crippen LogP contribution in [0.4, 0.5) is 15.9 Å². The maximum Gasteiger partial charge on any atom is 0.330 e. The average molecular weight is 456 g/mol. The van der Waals surface area contributed by atoms with Crippen molar-refractivity contribution in [1.82, 2.24) is 9.55 Å². The van der Waals surface area contributed by atoms with Gasteiger partial charge in [0.25, 0.3) is 11.5 Å². The zero-order valence-electron chi connectivity index (χ0n) is 18.1. The van der Waals surface area contributed by atoms with Crippen LogP contribution in [0.5, 0.6) is 5.75 Å². The molecule has 0 atom stereocenters. The Morgan fingerprint density at radius 2 is 1.82 bits per heavy atom. The fourth-order valence-corrected chi connectivity index (χ4v) is 3.24. The number of aromatic nitrogens is 2. The summed E-state index contributed by atoms with van der Waals surface area (Å²) in [6, 6.07) is 14.3. The van der Waals surface area contributed by atoms with Gasteiger partial charge in [-0.15, -0.1) is 0 Å². The molecule has 0 aliphatic rings. The molecule has 33 heavy (non-hydrogen) atoms. The molecule has 3 aromatic rings. The lowest BCUT2D eigenvalue weighted by molar-refractivity contribution is -0.120.